The fourth-order valence-electron chi connectivity index (χ4n) is 1.42. The zero-order valence-corrected chi connectivity index (χ0v) is 12.7. The van der Waals surface area contributed by atoms with Gasteiger partial charge < -0.3 is 5.11 Å². The third kappa shape index (κ3) is 4.76. The van der Waals surface area contributed by atoms with Crippen molar-refractivity contribution in [3.05, 3.63) is 21.7 Å². The van der Waals surface area contributed by atoms with Gasteiger partial charge in [-0.3, -0.25) is 0 Å². The second kappa shape index (κ2) is 6.29. The normalized spacial score (nSPS) is 12.4. The molecule has 0 aliphatic rings. The molecule has 1 N–H and O–H groups in total. The van der Waals surface area contributed by atoms with Crippen molar-refractivity contribution in [3.63, 3.8) is 0 Å². The van der Waals surface area contributed by atoms with Gasteiger partial charge in [0, 0.05) is 11.8 Å². The molecular formula is C12H17NO4S2. The molecule has 0 atom stereocenters. The first-order chi connectivity index (χ1) is 8.75. The van der Waals surface area contributed by atoms with Gasteiger partial charge in [-0.25, -0.2) is 18.2 Å². The Morgan fingerprint density at radius 2 is 2.11 bits per heavy atom. The van der Waals surface area contributed by atoms with Crippen LogP contribution in [0.3, 0.4) is 0 Å². The maximum Gasteiger partial charge on any atom is 0.328 e. The van der Waals surface area contributed by atoms with Crippen LogP contribution >= 0.6 is 11.3 Å². The van der Waals surface area contributed by atoms with E-state index in [1.807, 2.05) is 13.8 Å². The number of rotatable bonds is 6. The number of aromatic nitrogens is 1. The van der Waals surface area contributed by atoms with Crippen molar-refractivity contribution in [2.24, 2.45) is 0 Å². The summed E-state index contributed by atoms with van der Waals surface area (Å²) in [6, 6.07) is 0. The summed E-state index contributed by atoms with van der Waals surface area (Å²) < 4.78 is 23.2. The van der Waals surface area contributed by atoms with Gasteiger partial charge in [-0.2, -0.15) is 0 Å². The van der Waals surface area contributed by atoms with Gasteiger partial charge in [-0.15, -0.1) is 11.3 Å². The highest BCUT2D eigenvalue weighted by molar-refractivity contribution is 7.90. The van der Waals surface area contributed by atoms with E-state index in [9.17, 15) is 13.2 Å². The van der Waals surface area contributed by atoms with Crippen molar-refractivity contribution in [1.82, 2.24) is 4.98 Å². The Balaban J connectivity index is 3.11. The van der Waals surface area contributed by atoms with E-state index in [1.165, 1.54) is 17.4 Å². The number of carbonyl (C=O) groups is 1. The second-order valence-electron chi connectivity index (χ2n) is 4.36. The fraction of sp³-hybridized carbons (Fsp3) is 0.500. The zero-order valence-electron chi connectivity index (χ0n) is 11.1. The van der Waals surface area contributed by atoms with Crippen LogP contribution in [0.1, 0.15) is 42.3 Å². The molecule has 0 aliphatic carbocycles. The molecule has 5 nitrogen and oxygen atoms in total. The standard InChI is InChI=1S/C12H17NO4S2/c1-4-19(16,17)7-10-13-12(8(2)3)9(18-10)5-6-11(14)15/h5-6,8H,4,7H2,1-3H3,(H,14,15)/b6-5+. The molecule has 1 aromatic heterocycles. The van der Waals surface area contributed by atoms with Crippen LogP contribution in [0.4, 0.5) is 0 Å². The first-order valence-corrected chi connectivity index (χ1v) is 8.50. The molecule has 0 saturated carbocycles. The van der Waals surface area contributed by atoms with Gasteiger partial charge in [-0.1, -0.05) is 20.8 Å². The van der Waals surface area contributed by atoms with Crippen molar-refractivity contribution in [1.29, 1.82) is 0 Å². The summed E-state index contributed by atoms with van der Waals surface area (Å²) in [6.07, 6.45) is 2.51. The molecule has 0 bridgehead atoms. The number of aliphatic carboxylic acids is 1. The summed E-state index contributed by atoms with van der Waals surface area (Å²) in [5, 5.41) is 9.15. The summed E-state index contributed by atoms with van der Waals surface area (Å²) >= 11 is 1.23. The number of nitrogens with zero attached hydrogens (tertiary/aromatic N) is 1. The molecule has 0 aromatic carbocycles. The number of hydrogen-bond donors (Lipinski definition) is 1. The molecular weight excluding hydrogens is 286 g/mol. The molecule has 0 saturated heterocycles. The van der Waals surface area contributed by atoms with Gasteiger partial charge in [-0.05, 0) is 12.0 Å². The summed E-state index contributed by atoms with van der Waals surface area (Å²) in [6.45, 7) is 5.47. The molecule has 0 spiro atoms. The molecule has 0 unspecified atom stereocenters. The van der Waals surface area contributed by atoms with Gasteiger partial charge in [0.25, 0.3) is 0 Å². The van der Waals surface area contributed by atoms with Gasteiger partial charge in [0.2, 0.25) is 0 Å². The van der Waals surface area contributed by atoms with Crippen molar-refractivity contribution < 1.29 is 18.3 Å². The van der Waals surface area contributed by atoms with Gasteiger partial charge in [0.1, 0.15) is 10.8 Å². The first-order valence-electron chi connectivity index (χ1n) is 5.86. The number of carboxylic acids is 1. The molecule has 106 valence electrons. The highest BCUT2D eigenvalue weighted by atomic mass is 32.2. The Bertz CT molecular complexity index is 585. The van der Waals surface area contributed by atoms with Crippen LogP contribution in [0.25, 0.3) is 6.08 Å². The summed E-state index contributed by atoms with van der Waals surface area (Å²) in [4.78, 5) is 15.6. The second-order valence-corrected chi connectivity index (χ2v) is 7.83. The van der Waals surface area contributed by atoms with E-state index in [0.717, 1.165) is 11.8 Å². The molecule has 0 aliphatic heterocycles. The maximum absolute atomic E-state index is 11.6. The maximum atomic E-state index is 11.6. The van der Waals surface area contributed by atoms with Gasteiger partial charge >= 0.3 is 5.97 Å². The van der Waals surface area contributed by atoms with E-state index in [-0.39, 0.29) is 17.4 Å². The smallest absolute Gasteiger partial charge is 0.328 e. The van der Waals surface area contributed by atoms with Crippen LogP contribution in [-0.2, 0) is 20.4 Å². The van der Waals surface area contributed by atoms with E-state index in [1.54, 1.807) is 6.92 Å². The zero-order chi connectivity index (χ0) is 14.6. The Morgan fingerprint density at radius 1 is 1.47 bits per heavy atom. The molecule has 0 amide bonds. The van der Waals surface area contributed by atoms with E-state index in [2.05, 4.69) is 4.98 Å². The highest BCUT2D eigenvalue weighted by Gasteiger charge is 2.17. The van der Waals surface area contributed by atoms with Crippen molar-refractivity contribution in [2.75, 3.05) is 5.75 Å². The molecule has 0 radical (unpaired) electrons. The Labute approximate surface area is 116 Å². The molecule has 1 heterocycles. The van der Waals surface area contributed by atoms with E-state index in [0.29, 0.717) is 9.88 Å². The lowest BCUT2D eigenvalue weighted by atomic mass is 10.1. The minimum atomic E-state index is -3.13. The lowest BCUT2D eigenvalue weighted by Gasteiger charge is -2.00. The van der Waals surface area contributed by atoms with Crippen LogP contribution in [-0.4, -0.2) is 30.2 Å². The highest BCUT2D eigenvalue weighted by Crippen LogP contribution is 2.27. The van der Waals surface area contributed by atoms with E-state index >= 15 is 0 Å². The predicted octanol–water partition coefficient (Wildman–Crippen LogP) is 2.30. The summed E-state index contributed by atoms with van der Waals surface area (Å²) in [5.41, 5.74) is 0.740. The van der Waals surface area contributed by atoms with Crippen molar-refractivity contribution in [3.8, 4) is 0 Å². The molecule has 0 fully saturated rings. The van der Waals surface area contributed by atoms with Crippen LogP contribution in [0, 0.1) is 0 Å². The van der Waals surface area contributed by atoms with Crippen LogP contribution in [0.2, 0.25) is 0 Å². The lowest BCUT2D eigenvalue weighted by Crippen LogP contribution is -2.06. The minimum Gasteiger partial charge on any atom is -0.478 e. The average Bonchev–Trinajstić information content (AvgIpc) is 2.69. The van der Waals surface area contributed by atoms with Crippen LogP contribution in [0.15, 0.2) is 6.08 Å². The number of sulfone groups is 1. The Hall–Kier alpha value is -1.21. The van der Waals surface area contributed by atoms with Crippen LogP contribution in [0.5, 0.6) is 0 Å². The van der Waals surface area contributed by atoms with Gasteiger partial charge in [0.15, 0.2) is 9.84 Å². The SMILES string of the molecule is CCS(=O)(=O)Cc1nc(C(C)C)c(/C=C/C(=O)O)s1. The van der Waals surface area contributed by atoms with Gasteiger partial charge in [0.05, 0.1) is 10.6 Å². The molecule has 7 heteroatoms. The third-order valence-electron chi connectivity index (χ3n) is 2.43. The largest absolute Gasteiger partial charge is 0.478 e. The topological polar surface area (TPSA) is 84.3 Å². The van der Waals surface area contributed by atoms with E-state index < -0.39 is 15.8 Å². The number of thiazole rings is 1. The Morgan fingerprint density at radius 3 is 2.58 bits per heavy atom. The van der Waals surface area contributed by atoms with Crippen molar-refractivity contribution in [2.45, 2.75) is 32.4 Å². The van der Waals surface area contributed by atoms with Crippen LogP contribution < -0.4 is 0 Å². The van der Waals surface area contributed by atoms with E-state index in [4.69, 9.17) is 5.11 Å². The quantitative estimate of drug-likeness (QED) is 0.815. The lowest BCUT2D eigenvalue weighted by molar-refractivity contribution is -0.131. The average molecular weight is 303 g/mol. The molecule has 1 aromatic rings. The fourth-order valence-corrected chi connectivity index (χ4v) is 3.76. The minimum absolute atomic E-state index is 0.0733. The summed E-state index contributed by atoms with van der Waals surface area (Å²) in [7, 11) is -3.13. The summed E-state index contributed by atoms with van der Waals surface area (Å²) in [5.74, 6) is -0.938. The number of hydrogen-bond acceptors (Lipinski definition) is 5. The molecule has 19 heavy (non-hydrogen) atoms. The van der Waals surface area contributed by atoms with Crippen molar-refractivity contribution >= 4 is 33.2 Å². The number of carboxylic acid groups (broad SMARTS) is 1. The first kappa shape index (κ1) is 15.8. The molecule has 1 rings (SSSR count). The third-order valence-corrected chi connectivity index (χ3v) is 5.24. The monoisotopic (exact) mass is 303 g/mol. The Kier molecular flexibility index (Phi) is 5.25. The predicted molar refractivity (Wildman–Crippen MR) is 76.0 cm³/mol.